The van der Waals surface area contributed by atoms with Gasteiger partial charge in [-0.2, -0.15) is 0 Å². The Morgan fingerprint density at radius 2 is 1.60 bits per heavy atom. The minimum Gasteiger partial charge on any atom is -0.298 e. The summed E-state index contributed by atoms with van der Waals surface area (Å²) in [5.41, 5.74) is 0. The molecule has 2 atom stereocenters. The van der Waals surface area contributed by atoms with Crippen molar-refractivity contribution in [3.05, 3.63) is 0 Å². The molecule has 0 aliphatic carbocycles. The summed E-state index contributed by atoms with van der Waals surface area (Å²) in [6, 6.07) is 1.12. The van der Waals surface area contributed by atoms with Crippen LogP contribution in [0.1, 0.15) is 12.8 Å². The first kappa shape index (κ1) is 8.63. The van der Waals surface area contributed by atoms with Crippen LogP contribution in [0.5, 0.6) is 0 Å². The van der Waals surface area contributed by atoms with Crippen molar-refractivity contribution in [1.29, 1.82) is 0 Å². The fourth-order valence-electron chi connectivity index (χ4n) is 1.46. The van der Waals surface area contributed by atoms with Gasteiger partial charge in [0.25, 0.3) is 0 Å². The minimum atomic E-state index is 0.561. The SMILES string of the molecule is CN1C(CCl)CCC1CCl. The van der Waals surface area contributed by atoms with Gasteiger partial charge in [-0.3, -0.25) is 4.90 Å². The number of hydrogen-bond acceptors (Lipinski definition) is 1. The summed E-state index contributed by atoms with van der Waals surface area (Å²) in [7, 11) is 2.10. The predicted octanol–water partition coefficient (Wildman–Crippen LogP) is 1.93. The normalized spacial score (nSPS) is 35.1. The van der Waals surface area contributed by atoms with E-state index in [9.17, 15) is 0 Å². The van der Waals surface area contributed by atoms with Crippen LogP contribution in [0, 0.1) is 0 Å². The van der Waals surface area contributed by atoms with E-state index in [2.05, 4.69) is 11.9 Å². The van der Waals surface area contributed by atoms with E-state index in [1.54, 1.807) is 0 Å². The summed E-state index contributed by atoms with van der Waals surface area (Å²) in [5.74, 6) is 1.48. The van der Waals surface area contributed by atoms with Crippen LogP contribution in [0.4, 0.5) is 0 Å². The summed E-state index contributed by atoms with van der Waals surface area (Å²) in [4.78, 5) is 2.29. The topological polar surface area (TPSA) is 3.24 Å². The Morgan fingerprint density at radius 1 is 1.20 bits per heavy atom. The lowest BCUT2D eigenvalue weighted by Gasteiger charge is -2.22. The molecule has 1 rings (SSSR count). The molecule has 0 aromatic rings. The molecule has 1 saturated heterocycles. The molecule has 60 valence electrons. The monoisotopic (exact) mass is 181 g/mol. The number of nitrogens with zero attached hydrogens (tertiary/aromatic N) is 1. The molecule has 1 aliphatic rings. The van der Waals surface area contributed by atoms with Gasteiger partial charge in [0.2, 0.25) is 0 Å². The lowest BCUT2D eigenvalue weighted by atomic mass is 10.2. The van der Waals surface area contributed by atoms with Gasteiger partial charge in [0.05, 0.1) is 0 Å². The molecule has 1 nitrogen and oxygen atoms in total. The number of alkyl halides is 2. The van der Waals surface area contributed by atoms with Crippen LogP contribution in [-0.4, -0.2) is 35.8 Å². The molecule has 1 aliphatic heterocycles. The van der Waals surface area contributed by atoms with E-state index >= 15 is 0 Å². The second kappa shape index (κ2) is 3.80. The van der Waals surface area contributed by atoms with E-state index in [1.807, 2.05) is 0 Å². The smallest absolute Gasteiger partial charge is 0.0379 e. The van der Waals surface area contributed by atoms with Crippen molar-refractivity contribution < 1.29 is 0 Å². The zero-order valence-corrected chi connectivity index (χ0v) is 7.70. The van der Waals surface area contributed by atoms with Gasteiger partial charge in [-0.25, -0.2) is 0 Å². The number of halogens is 2. The maximum atomic E-state index is 5.74. The molecule has 0 spiro atoms. The molecule has 0 aromatic carbocycles. The largest absolute Gasteiger partial charge is 0.298 e. The molecule has 1 heterocycles. The average Bonchev–Trinajstić information content (AvgIpc) is 2.30. The molecule has 0 amide bonds. The third-order valence-electron chi connectivity index (χ3n) is 2.34. The molecule has 0 aromatic heterocycles. The Bertz CT molecular complexity index is 95.8. The van der Waals surface area contributed by atoms with Crippen LogP contribution in [0.3, 0.4) is 0 Å². The van der Waals surface area contributed by atoms with E-state index in [4.69, 9.17) is 23.2 Å². The summed E-state index contributed by atoms with van der Waals surface area (Å²) in [6.07, 6.45) is 2.41. The zero-order valence-electron chi connectivity index (χ0n) is 6.19. The van der Waals surface area contributed by atoms with Gasteiger partial charge in [0, 0.05) is 23.8 Å². The van der Waals surface area contributed by atoms with Crippen LogP contribution in [0.2, 0.25) is 0 Å². The summed E-state index contributed by atoms with van der Waals surface area (Å²) >= 11 is 11.5. The van der Waals surface area contributed by atoms with Crippen molar-refractivity contribution in [1.82, 2.24) is 4.90 Å². The first-order valence-corrected chi connectivity index (χ1v) is 4.70. The lowest BCUT2D eigenvalue weighted by Crippen LogP contribution is -2.34. The van der Waals surface area contributed by atoms with Crippen molar-refractivity contribution in [3.8, 4) is 0 Å². The van der Waals surface area contributed by atoms with Crippen LogP contribution in [0.25, 0.3) is 0 Å². The highest BCUT2D eigenvalue weighted by atomic mass is 35.5. The van der Waals surface area contributed by atoms with E-state index in [1.165, 1.54) is 12.8 Å². The van der Waals surface area contributed by atoms with Gasteiger partial charge in [-0.15, -0.1) is 23.2 Å². The van der Waals surface area contributed by atoms with Crippen LogP contribution in [0.15, 0.2) is 0 Å². The van der Waals surface area contributed by atoms with Crippen LogP contribution in [-0.2, 0) is 0 Å². The van der Waals surface area contributed by atoms with Crippen LogP contribution < -0.4 is 0 Å². The fourth-order valence-corrected chi connectivity index (χ4v) is 2.21. The average molecular weight is 182 g/mol. The van der Waals surface area contributed by atoms with Crippen molar-refractivity contribution in [2.45, 2.75) is 24.9 Å². The van der Waals surface area contributed by atoms with E-state index in [0.29, 0.717) is 12.1 Å². The number of hydrogen-bond donors (Lipinski definition) is 0. The van der Waals surface area contributed by atoms with Crippen molar-refractivity contribution in [2.75, 3.05) is 18.8 Å². The Morgan fingerprint density at radius 3 is 1.80 bits per heavy atom. The van der Waals surface area contributed by atoms with Gasteiger partial charge < -0.3 is 0 Å². The standard InChI is InChI=1S/C7H13Cl2N/c1-10-6(4-8)2-3-7(10)5-9/h6-7H,2-5H2,1H3. The molecule has 0 N–H and O–H groups in total. The Labute approximate surface area is 72.3 Å². The zero-order chi connectivity index (χ0) is 7.56. The van der Waals surface area contributed by atoms with Crippen LogP contribution >= 0.6 is 23.2 Å². The van der Waals surface area contributed by atoms with E-state index in [-0.39, 0.29) is 0 Å². The summed E-state index contributed by atoms with van der Waals surface area (Å²) in [6.45, 7) is 0. The van der Waals surface area contributed by atoms with Gasteiger partial charge in [0.1, 0.15) is 0 Å². The first-order valence-electron chi connectivity index (χ1n) is 3.63. The third-order valence-corrected chi connectivity index (χ3v) is 3.05. The maximum Gasteiger partial charge on any atom is 0.0379 e. The van der Waals surface area contributed by atoms with Crippen molar-refractivity contribution >= 4 is 23.2 Å². The van der Waals surface area contributed by atoms with Crippen molar-refractivity contribution in [3.63, 3.8) is 0 Å². The van der Waals surface area contributed by atoms with E-state index < -0.39 is 0 Å². The van der Waals surface area contributed by atoms with E-state index in [0.717, 1.165) is 11.8 Å². The number of rotatable bonds is 2. The fraction of sp³-hybridized carbons (Fsp3) is 1.00. The lowest BCUT2D eigenvalue weighted by molar-refractivity contribution is 0.272. The Kier molecular flexibility index (Phi) is 3.28. The molecular formula is C7H13Cl2N. The molecule has 2 unspecified atom stereocenters. The predicted molar refractivity (Wildman–Crippen MR) is 46.0 cm³/mol. The highest BCUT2D eigenvalue weighted by Gasteiger charge is 2.28. The summed E-state index contributed by atoms with van der Waals surface area (Å²) < 4.78 is 0. The van der Waals surface area contributed by atoms with Gasteiger partial charge in [-0.05, 0) is 19.9 Å². The minimum absolute atomic E-state index is 0.561. The van der Waals surface area contributed by atoms with Gasteiger partial charge >= 0.3 is 0 Å². The molecular weight excluding hydrogens is 169 g/mol. The maximum absolute atomic E-state index is 5.74. The first-order chi connectivity index (χ1) is 4.79. The number of likely N-dealkylation sites (tertiary alicyclic amines) is 1. The highest BCUT2D eigenvalue weighted by Crippen LogP contribution is 2.23. The Hall–Kier alpha value is 0.540. The highest BCUT2D eigenvalue weighted by molar-refractivity contribution is 6.18. The molecule has 1 fully saturated rings. The molecule has 0 radical (unpaired) electrons. The van der Waals surface area contributed by atoms with Gasteiger partial charge in [0.15, 0.2) is 0 Å². The molecule has 10 heavy (non-hydrogen) atoms. The van der Waals surface area contributed by atoms with Crippen molar-refractivity contribution in [2.24, 2.45) is 0 Å². The molecule has 0 bridgehead atoms. The summed E-state index contributed by atoms with van der Waals surface area (Å²) in [5, 5.41) is 0. The molecule has 0 saturated carbocycles. The van der Waals surface area contributed by atoms with Gasteiger partial charge in [-0.1, -0.05) is 0 Å². The second-order valence-electron chi connectivity index (χ2n) is 2.86. The molecule has 3 heteroatoms. The quantitative estimate of drug-likeness (QED) is 0.590. The Balaban J connectivity index is 2.41. The second-order valence-corrected chi connectivity index (χ2v) is 3.48. The third kappa shape index (κ3) is 1.58.